The van der Waals surface area contributed by atoms with Crippen LogP contribution >= 0.6 is 0 Å². The van der Waals surface area contributed by atoms with E-state index in [4.69, 9.17) is 14.2 Å². The summed E-state index contributed by atoms with van der Waals surface area (Å²) >= 11 is 0. The summed E-state index contributed by atoms with van der Waals surface area (Å²) in [7, 11) is 5.72. The maximum absolute atomic E-state index is 6.52. The van der Waals surface area contributed by atoms with Gasteiger partial charge in [0.15, 0.2) is 17.6 Å². The lowest BCUT2D eigenvalue weighted by Gasteiger charge is -2.45. The topological polar surface area (TPSA) is 30.9 Å². The number of likely N-dealkylation sites (N-methyl/N-ethyl adjacent to an activating group) is 1. The maximum atomic E-state index is 6.52. The van der Waals surface area contributed by atoms with E-state index >= 15 is 0 Å². The van der Waals surface area contributed by atoms with Gasteiger partial charge in [0.05, 0.1) is 19.6 Å². The van der Waals surface area contributed by atoms with Crippen LogP contribution < -0.4 is 9.47 Å². The Morgan fingerprint density at radius 2 is 2.08 bits per heavy atom. The second-order valence-corrected chi connectivity index (χ2v) is 7.30. The Balaban J connectivity index is 1.84. The Kier molecular flexibility index (Phi) is 2.88. The van der Waals surface area contributed by atoms with Crippen molar-refractivity contribution in [3.8, 4) is 11.5 Å². The third-order valence-corrected chi connectivity index (χ3v) is 6.38. The Morgan fingerprint density at radius 3 is 2.88 bits per heavy atom. The quantitative estimate of drug-likeness (QED) is 0.837. The van der Waals surface area contributed by atoms with Crippen LogP contribution in [-0.2, 0) is 16.6 Å². The molecule has 0 aromatic heterocycles. The molecule has 1 aromatic rings. The molecule has 1 fully saturated rings. The third kappa shape index (κ3) is 1.53. The summed E-state index contributed by atoms with van der Waals surface area (Å²) < 4.78 is 17.8. The molecule has 2 aliphatic heterocycles. The van der Waals surface area contributed by atoms with E-state index in [-0.39, 0.29) is 11.5 Å². The van der Waals surface area contributed by atoms with E-state index in [1.165, 1.54) is 16.7 Å². The highest BCUT2D eigenvalue weighted by atomic mass is 16.6. The van der Waals surface area contributed by atoms with Crippen molar-refractivity contribution in [2.75, 3.05) is 27.8 Å². The molecule has 1 spiro atoms. The molecule has 126 valence electrons. The summed E-state index contributed by atoms with van der Waals surface area (Å²) in [6, 6.07) is 4.73. The average Bonchev–Trinajstić information content (AvgIpc) is 2.91. The van der Waals surface area contributed by atoms with E-state index in [9.17, 15) is 0 Å². The lowest BCUT2D eigenvalue weighted by molar-refractivity contribution is 0.108. The van der Waals surface area contributed by atoms with Gasteiger partial charge in [0.2, 0.25) is 0 Å². The lowest BCUT2D eigenvalue weighted by Crippen LogP contribution is -2.51. The normalized spacial score (nSPS) is 33.0. The first-order valence-electron chi connectivity index (χ1n) is 8.74. The van der Waals surface area contributed by atoms with Crippen LogP contribution in [0.1, 0.15) is 24.0 Å². The van der Waals surface area contributed by atoms with Crippen LogP contribution in [0.2, 0.25) is 0 Å². The average molecular weight is 325 g/mol. The van der Waals surface area contributed by atoms with E-state index in [1.54, 1.807) is 14.2 Å². The molecule has 5 rings (SSSR count). The standard InChI is InChI=1S/C20H23NO3/c1-21-10-4-9-20-13-6-8-16(23-3)19(20)24-18-15(22-2)7-5-12(17(18)20)11-14(13)21/h5-8,14,19H,4,9-11H2,1-3H3/t14-,19+,20+/m1/s1. The molecule has 0 radical (unpaired) electrons. The summed E-state index contributed by atoms with van der Waals surface area (Å²) in [5.74, 6) is 2.69. The van der Waals surface area contributed by atoms with Crippen LogP contribution in [0.25, 0.3) is 0 Å². The number of hydrogen-bond donors (Lipinski definition) is 0. The second kappa shape index (κ2) is 4.79. The van der Waals surface area contributed by atoms with E-state index in [0.717, 1.165) is 43.1 Å². The number of benzene rings is 1. The fourth-order valence-corrected chi connectivity index (χ4v) is 5.35. The van der Waals surface area contributed by atoms with Crippen molar-refractivity contribution in [3.05, 3.63) is 46.7 Å². The predicted octanol–water partition coefficient (Wildman–Crippen LogP) is 2.81. The Hall–Kier alpha value is -1.94. The van der Waals surface area contributed by atoms with Gasteiger partial charge in [-0.1, -0.05) is 12.1 Å². The van der Waals surface area contributed by atoms with Gasteiger partial charge in [-0.15, -0.1) is 0 Å². The number of allylic oxidation sites excluding steroid dienone is 2. The van der Waals surface area contributed by atoms with Crippen molar-refractivity contribution in [1.82, 2.24) is 4.90 Å². The summed E-state index contributed by atoms with van der Waals surface area (Å²) in [5.41, 5.74) is 4.16. The predicted molar refractivity (Wildman–Crippen MR) is 91.6 cm³/mol. The highest BCUT2D eigenvalue weighted by Gasteiger charge is 2.60. The summed E-state index contributed by atoms with van der Waals surface area (Å²) in [5, 5.41) is 0. The van der Waals surface area contributed by atoms with Crippen molar-refractivity contribution in [2.24, 2.45) is 0 Å². The molecule has 4 nitrogen and oxygen atoms in total. The molecule has 2 aliphatic carbocycles. The van der Waals surface area contributed by atoms with Crippen molar-refractivity contribution in [1.29, 1.82) is 0 Å². The van der Waals surface area contributed by atoms with E-state index in [2.05, 4.69) is 36.2 Å². The van der Waals surface area contributed by atoms with Gasteiger partial charge in [-0.2, -0.15) is 0 Å². The molecule has 0 unspecified atom stereocenters. The molecular weight excluding hydrogens is 302 g/mol. The molecule has 3 atom stereocenters. The van der Waals surface area contributed by atoms with Gasteiger partial charge in [-0.05, 0) is 56.1 Å². The molecular formula is C20H23NO3. The highest BCUT2D eigenvalue weighted by molar-refractivity contribution is 5.67. The molecule has 1 saturated heterocycles. The van der Waals surface area contributed by atoms with Crippen LogP contribution in [-0.4, -0.2) is 44.9 Å². The molecule has 0 saturated carbocycles. The SMILES string of the molecule is COC1=CC=C2[C@H]3Cc4ccc(OC)c5c4[C@@]2(CCCN3C)[C@H]1O5. The molecule has 24 heavy (non-hydrogen) atoms. The first-order chi connectivity index (χ1) is 11.7. The minimum Gasteiger partial charge on any atom is -0.497 e. The zero-order valence-electron chi connectivity index (χ0n) is 14.5. The molecule has 4 aliphatic rings. The Labute approximate surface area is 142 Å². The molecule has 0 N–H and O–H groups in total. The summed E-state index contributed by atoms with van der Waals surface area (Å²) in [4.78, 5) is 2.51. The van der Waals surface area contributed by atoms with Gasteiger partial charge < -0.3 is 14.2 Å². The third-order valence-electron chi connectivity index (χ3n) is 6.38. The number of hydrogen-bond acceptors (Lipinski definition) is 4. The molecule has 1 aromatic carbocycles. The van der Waals surface area contributed by atoms with Gasteiger partial charge in [0.1, 0.15) is 5.76 Å². The largest absolute Gasteiger partial charge is 0.497 e. The van der Waals surface area contributed by atoms with Crippen molar-refractivity contribution >= 4 is 0 Å². The molecule has 0 amide bonds. The maximum Gasteiger partial charge on any atom is 0.169 e. The molecule has 2 bridgehead atoms. The van der Waals surface area contributed by atoms with Crippen molar-refractivity contribution in [2.45, 2.75) is 36.8 Å². The Morgan fingerprint density at radius 1 is 1.21 bits per heavy atom. The number of methoxy groups -OCH3 is 2. The number of rotatable bonds is 2. The first-order valence-corrected chi connectivity index (χ1v) is 8.74. The minimum atomic E-state index is -0.0903. The van der Waals surface area contributed by atoms with E-state index in [1.807, 2.05) is 0 Å². The smallest absolute Gasteiger partial charge is 0.169 e. The van der Waals surface area contributed by atoms with Gasteiger partial charge in [-0.3, -0.25) is 4.90 Å². The van der Waals surface area contributed by atoms with Crippen LogP contribution in [0.4, 0.5) is 0 Å². The van der Waals surface area contributed by atoms with Crippen LogP contribution in [0, 0.1) is 0 Å². The fraction of sp³-hybridized carbons (Fsp3) is 0.500. The van der Waals surface area contributed by atoms with Crippen molar-refractivity contribution in [3.63, 3.8) is 0 Å². The van der Waals surface area contributed by atoms with Gasteiger partial charge >= 0.3 is 0 Å². The summed E-state index contributed by atoms with van der Waals surface area (Å²) in [6.07, 6.45) is 7.64. The van der Waals surface area contributed by atoms with Gasteiger partial charge in [0, 0.05) is 11.6 Å². The Bertz CT molecular complexity index is 781. The number of nitrogens with zero attached hydrogens (tertiary/aromatic N) is 1. The number of likely N-dealkylation sites (tertiary alicyclic amines) is 1. The zero-order chi connectivity index (χ0) is 16.5. The monoisotopic (exact) mass is 325 g/mol. The lowest BCUT2D eigenvalue weighted by atomic mass is 9.59. The van der Waals surface area contributed by atoms with Crippen LogP contribution in [0.5, 0.6) is 11.5 Å². The molecule has 4 heteroatoms. The zero-order valence-corrected chi connectivity index (χ0v) is 14.5. The first kappa shape index (κ1) is 14.4. The molecule has 2 heterocycles. The fourth-order valence-electron chi connectivity index (χ4n) is 5.35. The van der Waals surface area contributed by atoms with E-state index in [0.29, 0.717) is 6.04 Å². The van der Waals surface area contributed by atoms with Gasteiger partial charge in [-0.25, -0.2) is 0 Å². The van der Waals surface area contributed by atoms with Crippen LogP contribution in [0.3, 0.4) is 0 Å². The van der Waals surface area contributed by atoms with E-state index < -0.39 is 0 Å². The second-order valence-electron chi connectivity index (χ2n) is 7.30. The van der Waals surface area contributed by atoms with Crippen molar-refractivity contribution < 1.29 is 14.2 Å². The van der Waals surface area contributed by atoms with Gasteiger partial charge in [0.25, 0.3) is 0 Å². The highest BCUT2D eigenvalue weighted by Crippen LogP contribution is 2.62. The number of ether oxygens (including phenoxy) is 3. The summed E-state index contributed by atoms with van der Waals surface area (Å²) in [6.45, 7) is 1.12. The minimum absolute atomic E-state index is 0.0677. The van der Waals surface area contributed by atoms with Crippen LogP contribution in [0.15, 0.2) is 35.6 Å².